The van der Waals surface area contributed by atoms with Crippen LogP contribution in [-0.4, -0.2) is 22.5 Å². The molecule has 0 fully saturated rings. The van der Waals surface area contributed by atoms with Gasteiger partial charge in [-0.1, -0.05) is 25.1 Å². The Balaban J connectivity index is 1.85. The lowest BCUT2D eigenvalue weighted by molar-refractivity contribution is 0.275. The zero-order valence-electron chi connectivity index (χ0n) is 10.9. The molecule has 1 atom stereocenters. The topological polar surface area (TPSA) is 47.0 Å². The van der Waals surface area contributed by atoms with Gasteiger partial charge in [0, 0.05) is 23.6 Å². The number of nitrogens with zero attached hydrogens (tertiary/aromatic N) is 2. The standard InChI is InChI=1S/C14H17N3OS/c1-2-8-15-14-16-13(17-19-14)11-7-9-18-12-6-4-3-5-10(11)12/h3-6,11H,2,7-9H2,1H3,(H,15,16,17). The minimum Gasteiger partial charge on any atom is -0.493 e. The van der Waals surface area contributed by atoms with E-state index in [0.717, 1.165) is 42.7 Å². The molecule has 0 saturated carbocycles. The Morgan fingerprint density at radius 1 is 1.42 bits per heavy atom. The van der Waals surface area contributed by atoms with Crippen LogP contribution in [0.3, 0.4) is 0 Å². The number of fused-ring (bicyclic) bond motifs is 1. The average Bonchev–Trinajstić information content (AvgIpc) is 2.93. The lowest BCUT2D eigenvalue weighted by Crippen LogP contribution is -2.16. The fraction of sp³-hybridized carbons (Fsp3) is 0.429. The molecule has 0 amide bonds. The molecule has 0 saturated heterocycles. The van der Waals surface area contributed by atoms with Gasteiger partial charge in [-0.15, -0.1) is 0 Å². The molecule has 5 heteroatoms. The van der Waals surface area contributed by atoms with E-state index in [1.54, 1.807) is 0 Å². The van der Waals surface area contributed by atoms with Gasteiger partial charge in [-0.05, 0) is 18.9 Å². The summed E-state index contributed by atoms with van der Waals surface area (Å²) in [5, 5.41) is 4.21. The molecule has 0 aliphatic carbocycles. The molecule has 1 aromatic carbocycles. The van der Waals surface area contributed by atoms with Crippen LogP contribution >= 0.6 is 11.5 Å². The first kappa shape index (κ1) is 12.4. The molecule has 1 aromatic heterocycles. The van der Waals surface area contributed by atoms with Gasteiger partial charge in [0.05, 0.1) is 12.5 Å². The van der Waals surface area contributed by atoms with Crippen molar-refractivity contribution in [3.05, 3.63) is 35.7 Å². The number of hydrogen-bond acceptors (Lipinski definition) is 5. The fourth-order valence-electron chi connectivity index (χ4n) is 2.29. The van der Waals surface area contributed by atoms with E-state index in [4.69, 9.17) is 4.74 Å². The Kier molecular flexibility index (Phi) is 3.64. The zero-order chi connectivity index (χ0) is 13.1. The number of ether oxygens (including phenoxy) is 1. The minimum atomic E-state index is 0.262. The van der Waals surface area contributed by atoms with Crippen molar-refractivity contribution >= 4 is 16.7 Å². The Morgan fingerprint density at radius 2 is 2.32 bits per heavy atom. The van der Waals surface area contributed by atoms with Crippen molar-refractivity contribution < 1.29 is 4.74 Å². The third-order valence-electron chi connectivity index (χ3n) is 3.24. The molecule has 1 N–H and O–H groups in total. The largest absolute Gasteiger partial charge is 0.493 e. The quantitative estimate of drug-likeness (QED) is 0.930. The molecule has 1 aliphatic rings. The van der Waals surface area contributed by atoms with Gasteiger partial charge in [0.1, 0.15) is 5.75 Å². The average molecular weight is 275 g/mol. The molecule has 2 heterocycles. The van der Waals surface area contributed by atoms with E-state index in [0.29, 0.717) is 0 Å². The first-order valence-electron chi connectivity index (χ1n) is 6.67. The number of anilines is 1. The summed E-state index contributed by atoms with van der Waals surface area (Å²) in [5.74, 6) is 2.15. The van der Waals surface area contributed by atoms with Crippen LogP contribution in [0.2, 0.25) is 0 Å². The second kappa shape index (κ2) is 5.57. The number of rotatable bonds is 4. The maximum absolute atomic E-state index is 5.68. The van der Waals surface area contributed by atoms with Crippen molar-refractivity contribution in [3.8, 4) is 5.75 Å². The van der Waals surface area contributed by atoms with E-state index in [-0.39, 0.29) is 5.92 Å². The molecule has 1 unspecified atom stereocenters. The van der Waals surface area contributed by atoms with Crippen LogP contribution in [0.1, 0.15) is 37.1 Å². The van der Waals surface area contributed by atoms with Crippen LogP contribution in [0.25, 0.3) is 0 Å². The Labute approximate surface area is 117 Å². The van der Waals surface area contributed by atoms with E-state index >= 15 is 0 Å². The van der Waals surface area contributed by atoms with Gasteiger partial charge in [-0.25, -0.2) is 4.98 Å². The van der Waals surface area contributed by atoms with Gasteiger partial charge < -0.3 is 10.1 Å². The maximum Gasteiger partial charge on any atom is 0.202 e. The van der Waals surface area contributed by atoms with Crippen LogP contribution < -0.4 is 10.1 Å². The van der Waals surface area contributed by atoms with E-state index in [1.807, 2.05) is 18.2 Å². The predicted molar refractivity (Wildman–Crippen MR) is 77.1 cm³/mol. The smallest absolute Gasteiger partial charge is 0.202 e. The molecule has 2 aromatic rings. The first-order valence-corrected chi connectivity index (χ1v) is 7.45. The number of aromatic nitrogens is 2. The molecule has 0 bridgehead atoms. The molecule has 0 radical (unpaired) electrons. The highest BCUT2D eigenvalue weighted by molar-refractivity contribution is 7.09. The molecule has 19 heavy (non-hydrogen) atoms. The molecule has 0 spiro atoms. The highest BCUT2D eigenvalue weighted by atomic mass is 32.1. The van der Waals surface area contributed by atoms with Crippen LogP contribution in [0.4, 0.5) is 5.13 Å². The van der Waals surface area contributed by atoms with Gasteiger partial charge in [-0.2, -0.15) is 4.37 Å². The van der Waals surface area contributed by atoms with Crippen molar-refractivity contribution in [2.75, 3.05) is 18.5 Å². The van der Waals surface area contributed by atoms with Gasteiger partial charge in [0.15, 0.2) is 5.82 Å². The van der Waals surface area contributed by atoms with Crippen LogP contribution in [-0.2, 0) is 0 Å². The Morgan fingerprint density at radius 3 is 3.21 bits per heavy atom. The summed E-state index contributed by atoms with van der Waals surface area (Å²) in [4.78, 5) is 4.61. The summed E-state index contributed by atoms with van der Waals surface area (Å²) in [6, 6.07) is 8.18. The summed E-state index contributed by atoms with van der Waals surface area (Å²) in [7, 11) is 0. The number of benzene rings is 1. The normalized spacial score (nSPS) is 17.6. The predicted octanol–water partition coefficient (Wildman–Crippen LogP) is 3.27. The van der Waals surface area contributed by atoms with Crippen LogP contribution in [0.5, 0.6) is 5.75 Å². The first-order chi connectivity index (χ1) is 9.38. The van der Waals surface area contributed by atoms with Gasteiger partial charge in [-0.3, -0.25) is 0 Å². The van der Waals surface area contributed by atoms with E-state index < -0.39 is 0 Å². The minimum absolute atomic E-state index is 0.262. The lowest BCUT2D eigenvalue weighted by atomic mass is 9.93. The monoisotopic (exact) mass is 275 g/mol. The third kappa shape index (κ3) is 2.56. The summed E-state index contributed by atoms with van der Waals surface area (Å²) in [6.07, 6.45) is 2.04. The number of nitrogens with one attached hydrogen (secondary N) is 1. The van der Waals surface area contributed by atoms with Crippen molar-refractivity contribution in [2.24, 2.45) is 0 Å². The summed E-state index contributed by atoms with van der Waals surface area (Å²) in [6.45, 7) is 3.82. The lowest BCUT2D eigenvalue weighted by Gasteiger charge is -2.23. The zero-order valence-corrected chi connectivity index (χ0v) is 11.7. The second-order valence-electron chi connectivity index (χ2n) is 4.61. The second-order valence-corrected chi connectivity index (χ2v) is 5.36. The van der Waals surface area contributed by atoms with Crippen molar-refractivity contribution in [1.82, 2.24) is 9.36 Å². The van der Waals surface area contributed by atoms with Gasteiger partial charge >= 0.3 is 0 Å². The van der Waals surface area contributed by atoms with Crippen LogP contribution in [0.15, 0.2) is 24.3 Å². The van der Waals surface area contributed by atoms with Crippen molar-refractivity contribution in [2.45, 2.75) is 25.7 Å². The molecule has 3 rings (SSSR count). The summed E-state index contributed by atoms with van der Waals surface area (Å²) < 4.78 is 10.2. The SMILES string of the molecule is CCCNc1nc(C2CCOc3ccccc32)ns1. The highest BCUT2D eigenvalue weighted by Crippen LogP contribution is 2.37. The van der Waals surface area contributed by atoms with Gasteiger partial charge in [0.2, 0.25) is 5.13 Å². The van der Waals surface area contributed by atoms with E-state index in [2.05, 4.69) is 27.7 Å². The number of para-hydroxylation sites is 1. The van der Waals surface area contributed by atoms with Crippen molar-refractivity contribution in [3.63, 3.8) is 0 Å². The highest BCUT2D eigenvalue weighted by Gasteiger charge is 2.25. The Hall–Kier alpha value is -1.62. The van der Waals surface area contributed by atoms with Crippen LogP contribution in [0, 0.1) is 0 Å². The molecular weight excluding hydrogens is 258 g/mol. The van der Waals surface area contributed by atoms with Gasteiger partial charge in [0.25, 0.3) is 0 Å². The number of hydrogen-bond donors (Lipinski definition) is 1. The molecule has 1 aliphatic heterocycles. The molecule has 100 valence electrons. The van der Waals surface area contributed by atoms with E-state index in [1.165, 1.54) is 17.1 Å². The maximum atomic E-state index is 5.68. The molecule has 4 nitrogen and oxygen atoms in total. The summed E-state index contributed by atoms with van der Waals surface area (Å²) in [5.41, 5.74) is 1.20. The Bertz CT molecular complexity index is 555. The van der Waals surface area contributed by atoms with E-state index in [9.17, 15) is 0 Å². The molecular formula is C14H17N3OS. The fourth-order valence-corrected chi connectivity index (χ4v) is 2.94. The van der Waals surface area contributed by atoms with Crippen molar-refractivity contribution in [1.29, 1.82) is 0 Å². The summed E-state index contributed by atoms with van der Waals surface area (Å²) >= 11 is 1.44. The third-order valence-corrected chi connectivity index (χ3v) is 3.93.